The third kappa shape index (κ3) is 4.00. The highest BCUT2D eigenvalue weighted by Gasteiger charge is 2.16. The van der Waals surface area contributed by atoms with Gasteiger partial charge in [0.05, 0.1) is 6.10 Å². The molecule has 0 aliphatic carbocycles. The van der Waals surface area contributed by atoms with E-state index in [4.69, 9.17) is 4.74 Å². The zero-order valence-electron chi connectivity index (χ0n) is 10.3. The standard InChI is InChI=1S/C14H20FNO/c1-11(10-12-6-8-16-9-7-12)17-14-4-2-13(15)3-5-14/h2-5,11-12,16H,6-10H2,1H3. The third-order valence-electron chi connectivity index (χ3n) is 3.27. The lowest BCUT2D eigenvalue weighted by Gasteiger charge is -2.25. The maximum absolute atomic E-state index is 12.7. The van der Waals surface area contributed by atoms with Crippen molar-refractivity contribution < 1.29 is 9.13 Å². The summed E-state index contributed by atoms with van der Waals surface area (Å²) in [6.45, 7) is 4.33. The molecule has 2 rings (SSSR count). The molecule has 0 amide bonds. The number of ether oxygens (including phenoxy) is 1. The van der Waals surface area contributed by atoms with Gasteiger partial charge in [0.15, 0.2) is 0 Å². The van der Waals surface area contributed by atoms with Gasteiger partial charge in [-0.2, -0.15) is 0 Å². The van der Waals surface area contributed by atoms with Gasteiger partial charge in [-0.3, -0.25) is 0 Å². The Labute approximate surface area is 102 Å². The molecule has 1 aromatic rings. The van der Waals surface area contributed by atoms with Crippen molar-refractivity contribution in [3.8, 4) is 5.75 Å². The van der Waals surface area contributed by atoms with Gasteiger partial charge in [0.2, 0.25) is 0 Å². The van der Waals surface area contributed by atoms with E-state index in [0.717, 1.165) is 31.2 Å². The molecular formula is C14H20FNO. The molecule has 1 fully saturated rings. The molecule has 1 saturated heterocycles. The first-order chi connectivity index (χ1) is 8.24. The third-order valence-corrected chi connectivity index (χ3v) is 3.27. The Hall–Kier alpha value is -1.09. The summed E-state index contributed by atoms with van der Waals surface area (Å²) >= 11 is 0. The van der Waals surface area contributed by atoms with Crippen molar-refractivity contribution in [3.05, 3.63) is 30.1 Å². The first-order valence-electron chi connectivity index (χ1n) is 6.37. The summed E-state index contributed by atoms with van der Waals surface area (Å²) < 4.78 is 18.5. The van der Waals surface area contributed by atoms with Crippen LogP contribution in [0.4, 0.5) is 4.39 Å². The average Bonchev–Trinajstić information content (AvgIpc) is 2.33. The van der Waals surface area contributed by atoms with Crippen molar-refractivity contribution >= 4 is 0 Å². The number of halogens is 1. The van der Waals surface area contributed by atoms with Crippen molar-refractivity contribution in [1.29, 1.82) is 0 Å². The molecule has 0 saturated carbocycles. The topological polar surface area (TPSA) is 21.3 Å². The van der Waals surface area contributed by atoms with Crippen LogP contribution in [0, 0.1) is 11.7 Å². The van der Waals surface area contributed by atoms with Crippen LogP contribution in [0.25, 0.3) is 0 Å². The molecule has 0 radical (unpaired) electrons. The molecule has 0 bridgehead atoms. The minimum absolute atomic E-state index is 0.198. The van der Waals surface area contributed by atoms with Gasteiger partial charge < -0.3 is 10.1 Å². The number of hydrogen-bond acceptors (Lipinski definition) is 2. The van der Waals surface area contributed by atoms with Crippen LogP contribution in [0.2, 0.25) is 0 Å². The van der Waals surface area contributed by atoms with Crippen molar-refractivity contribution in [3.63, 3.8) is 0 Å². The predicted octanol–water partition coefficient (Wildman–Crippen LogP) is 2.98. The lowest BCUT2D eigenvalue weighted by molar-refractivity contribution is 0.171. The second kappa shape index (κ2) is 6.01. The first-order valence-corrected chi connectivity index (χ1v) is 6.37. The van der Waals surface area contributed by atoms with Crippen molar-refractivity contribution in [1.82, 2.24) is 5.32 Å². The number of benzene rings is 1. The lowest BCUT2D eigenvalue weighted by atomic mass is 9.92. The van der Waals surface area contributed by atoms with Crippen molar-refractivity contribution in [2.75, 3.05) is 13.1 Å². The fourth-order valence-corrected chi connectivity index (χ4v) is 2.38. The molecular weight excluding hydrogens is 217 g/mol. The maximum atomic E-state index is 12.7. The maximum Gasteiger partial charge on any atom is 0.123 e. The molecule has 0 aromatic heterocycles. The molecule has 1 aliphatic rings. The van der Waals surface area contributed by atoms with E-state index in [1.807, 2.05) is 0 Å². The summed E-state index contributed by atoms with van der Waals surface area (Å²) in [7, 11) is 0. The smallest absolute Gasteiger partial charge is 0.123 e. The lowest BCUT2D eigenvalue weighted by Crippen LogP contribution is -2.30. The molecule has 1 N–H and O–H groups in total. The molecule has 94 valence electrons. The number of nitrogens with one attached hydrogen (secondary N) is 1. The van der Waals surface area contributed by atoms with Crippen LogP contribution in [0.1, 0.15) is 26.2 Å². The molecule has 2 nitrogen and oxygen atoms in total. The molecule has 1 unspecified atom stereocenters. The second-order valence-corrected chi connectivity index (χ2v) is 4.81. The van der Waals surface area contributed by atoms with E-state index >= 15 is 0 Å². The summed E-state index contributed by atoms with van der Waals surface area (Å²) in [6.07, 6.45) is 3.75. The van der Waals surface area contributed by atoms with E-state index in [1.165, 1.54) is 25.0 Å². The number of rotatable bonds is 4. The van der Waals surface area contributed by atoms with Gasteiger partial charge in [-0.15, -0.1) is 0 Å². The zero-order chi connectivity index (χ0) is 12.1. The fraction of sp³-hybridized carbons (Fsp3) is 0.571. The summed E-state index contributed by atoms with van der Waals surface area (Å²) in [5.41, 5.74) is 0. The Balaban J connectivity index is 1.79. The summed E-state index contributed by atoms with van der Waals surface area (Å²) in [5.74, 6) is 1.29. The van der Waals surface area contributed by atoms with Gasteiger partial charge in [-0.25, -0.2) is 4.39 Å². The first kappa shape index (κ1) is 12.4. The SMILES string of the molecule is CC(CC1CCNCC1)Oc1ccc(F)cc1. The predicted molar refractivity (Wildman–Crippen MR) is 66.7 cm³/mol. The van der Waals surface area contributed by atoms with Crippen LogP contribution >= 0.6 is 0 Å². The van der Waals surface area contributed by atoms with E-state index in [1.54, 1.807) is 12.1 Å². The fourth-order valence-electron chi connectivity index (χ4n) is 2.38. The Morgan fingerprint density at radius 2 is 1.94 bits per heavy atom. The zero-order valence-corrected chi connectivity index (χ0v) is 10.3. The van der Waals surface area contributed by atoms with Crippen LogP contribution in [-0.2, 0) is 0 Å². The van der Waals surface area contributed by atoms with Gasteiger partial charge in [0, 0.05) is 0 Å². The van der Waals surface area contributed by atoms with Gasteiger partial charge in [-0.05, 0) is 69.5 Å². The molecule has 3 heteroatoms. The monoisotopic (exact) mass is 237 g/mol. The quantitative estimate of drug-likeness (QED) is 0.869. The van der Waals surface area contributed by atoms with E-state index in [0.29, 0.717) is 0 Å². The minimum atomic E-state index is -0.219. The Bertz CT molecular complexity index is 333. The Morgan fingerprint density at radius 3 is 2.59 bits per heavy atom. The molecule has 1 aromatic carbocycles. The molecule has 17 heavy (non-hydrogen) atoms. The largest absolute Gasteiger partial charge is 0.491 e. The second-order valence-electron chi connectivity index (χ2n) is 4.81. The van der Waals surface area contributed by atoms with Crippen LogP contribution in [0.3, 0.4) is 0 Å². The Kier molecular flexibility index (Phi) is 4.37. The highest BCUT2D eigenvalue weighted by molar-refractivity contribution is 5.22. The summed E-state index contributed by atoms with van der Waals surface area (Å²) in [4.78, 5) is 0. The van der Waals surface area contributed by atoms with Crippen LogP contribution in [-0.4, -0.2) is 19.2 Å². The van der Waals surface area contributed by atoms with Gasteiger partial charge in [0.1, 0.15) is 11.6 Å². The number of hydrogen-bond donors (Lipinski definition) is 1. The van der Waals surface area contributed by atoms with Crippen LogP contribution in [0.5, 0.6) is 5.75 Å². The van der Waals surface area contributed by atoms with Crippen LogP contribution in [0.15, 0.2) is 24.3 Å². The van der Waals surface area contributed by atoms with Crippen LogP contribution < -0.4 is 10.1 Å². The van der Waals surface area contributed by atoms with E-state index < -0.39 is 0 Å². The highest BCUT2D eigenvalue weighted by atomic mass is 19.1. The van der Waals surface area contributed by atoms with Gasteiger partial charge >= 0.3 is 0 Å². The summed E-state index contributed by atoms with van der Waals surface area (Å²) in [6, 6.07) is 6.25. The van der Waals surface area contributed by atoms with E-state index in [9.17, 15) is 4.39 Å². The van der Waals surface area contributed by atoms with Gasteiger partial charge in [0.25, 0.3) is 0 Å². The van der Waals surface area contributed by atoms with Crippen molar-refractivity contribution in [2.24, 2.45) is 5.92 Å². The molecule has 1 atom stereocenters. The van der Waals surface area contributed by atoms with E-state index in [2.05, 4.69) is 12.2 Å². The highest BCUT2D eigenvalue weighted by Crippen LogP contribution is 2.21. The molecule has 1 heterocycles. The number of piperidine rings is 1. The Morgan fingerprint density at radius 1 is 1.29 bits per heavy atom. The molecule has 1 aliphatic heterocycles. The van der Waals surface area contributed by atoms with Crippen molar-refractivity contribution in [2.45, 2.75) is 32.3 Å². The minimum Gasteiger partial charge on any atom is -0.491 e. The molecule has 0 spiro atoms. The average molecular weight is 237 g/mol. The normalized spacial score (nSPS) is 18.9. The summed E-state index contributed by atoms with van der Waals surface area (Å²) in [5, 5.41) is 3.36. The van der Waals surface area contributed by atoms with E-state index in [-0.39, 0.29) is 11.9 Å². The van der Waals surface area contributed by atoms with Gasteiger partial charge in [-0.1, -0.05) is 0 Å².